The van der Waals surface area contributed by atoms with E-state index < -0.39 is 5.97 Å². The van der Waals surface area contributed by atoms with Crippen LogP contribution in [0.25, 0.3) is 16.7 Å². The zero-order chi connectivity index (χ0) is 26.7. The van der Waals surface area contributed by atoms with Gasteiger partial charge in [0.15, 0.2) is 0 Å². The number of aliphatic carboxylic acids is 1. The summed E-state index contributed by atoms with van der Waals surface area (Å²) in [6, 6.07) is 22.9. The molecular formula is C34H38O4. The molecule has 4 heteroatoms. The number of methoxy groups -OCH3 is 1. The first-order valence-electron chi connectivity index (χ1n) is 13.8. The molecule has 1 saturated carbocycles. The van der Waals surface area contributed by atoms with Crippen LogP contribution in [-0.2, 0) is 11.4 Å². The van der Waals surface area contributed by atoms with Crippen LogP contribution < -0.4 is 9.47 Å². The van der Waals surface area contributed by atoms with E-state index in [-0.39, 0.29) is 17.8 Å². The molecule has 0 amide bonds. The highest BCUT2D eigenvalue weighted by molar-refractivity contribution is 5.85. The van der Waals surface area contributed by atoms with Crippen LogP contribution in [0.4, 0.5) is 0 Å². The van der Waals surface area contributed by atoms with Crippen LogP contribution in [-0.4, -0.2) is 18.2 Å². The predicted octanol–water partition coefficient (Wildman–Crippen LogP) is 8.50. The lowest BCUT2D eigenvalue weighted by atomic mass is 9.72. The fraction of sp³-hybridized carbons (Fsp3) is 0.382. The molecule has 0 unspecified atom stereocenters. The van der Waals surface area contributed by atoms with Gasteiger partial charge in [0, 0.05) is 0 Å². The quantitative estimate of drug-likeness (QED) is 0.297. The highest BCUT2D eigenvalue weighted by Gasteiger charge is 2.31. The summed E-state index contributed by atoms with van der Waals surface area (Å²) < 4.78 is 11.8. The minimum absolute atomic E-state index is 0.0510. The second-order valence-electron chi connectivity index (χ2n) is 11.4. The van der Waals surface area contributed by atoms with E-state index in [2.05, 4.69) is 56.3 Å². The van der Waals surface area contributed by atoms with Crippen molar-refractivity contribution < 1.29 is 19.4 Å². The molecule has 0 spiro atoms. The third kappa shape index (κ3) is 5.65. The topological polar surface area (TPSA) is 55.8 Å². The monoisotopic (exact) mass is 510 g/mol. The molecule has 2 aliphatic carbocycles. The van der Waals surface area contributed by atoms with Gasteiger partial charge in [-0.15, -0.1) is 0 Å². The first-order valence-corrected chi connectivity index (χ1v) is 13.8. The number of carbonyl (C=O) groups is 1. The molecule has 3 aromatic carbocycles. The second kappa shape index (κ2) is 11.1. The number of hydrogen-bond donors (Lipinski definition) is 1. The molecule has 0 saturated heterocycles. The van der Waals surface area contributed by atoms with Crippen LogP contribution in [0, 0.1) is 11.3 Å². The van der Waals surface area contributed by atoms with Gasteiger partial charge in [0.2, 0.25) is 0 Å². The van der Waals surface area contributed by atoms with Gasteiger partial charge < -0.3 is 14.6 Å². The second-order valence-corrected chi connectivity index (χ2v) is 11.4. The molecule has 3 aromatic rings. The smallest absolute Gasteiger partial charge is 0.303 e. The van der Waals surface area contributed by atoms with E-state index in [4.69, 9.17) is 9.47 Å². The van der Waals surface area contributed by atoms with Crippen molar-refractivity contribution in [3.63, 3.8) is 0 Å². The summed E-state index contributed by atoms with van der Waals surface area (Å²) >= 11 is 0. The van der Waals surface area contributed by atoms with Crippen molar-refractivity contribution in [2.45, 2.75) is 64.9 Å². The van der Waals surface area contributed by atoms with E-state index in [1.54, 1.807) is 7.11 Å². The summed E-state index contributed by atoms with van der Waals surface area (Å²) in [6.07, 6.45) is 8.20. The van der Waals surface area contributed by atoms with Crippen LogP contribution in [0.3, 0.4) is 0 Å². The number of allylic oxidation sites excluding steroid dienone is 2. The van der Waals surface area contributed by atoms with E-state index in [9.17, 15) is 9.90 Å². The summed E-state index contributed by atoms with van der Waals surface area (Å²) in [5, 5.41) is 9.48. The summed E-state index contributed by atoms with van der Waals surface area (Å²) in [4.78, 5) is 11.5. The molecule has 0 heterocycles. The summed E-state index contributed by atoms with van der Waals surface area (Å²) in [5.41, 5.74) is 7.28. The Labute approximate surface area is 226 Å². The van der Waals surface area contributed by atoms with E-state index in [0.717, 1.165) is 53.9 Å². The van der Waals surface area contributed by atoms with E-state index >= 15 is 0 Å². The Bertz CT molecular complexity index is 1330. The van der Waals surface area contributed by atoms with Crippen LogP contribution >= 0.6 is 0 Å². The lowest BCUT2D eigenvalue weighted by Crippen LogP contribution is -2.22. The largest absolute Gasteiger partial charge is 0.497 e. The maximum atomic E-state index is 11.5. The molecule has 0 bridgehead atoms. The van der Waals surface area contributed by atoms with Gasteiger partial charge >= 0.3 is 5.97 Å². The first-order chi connectivity index (χ1) is 18.3. The van der Waals surface area contributed by atoms with Gasteiger partial charge in [-0.25, -0.2) is 0 Å². The minimum Gasteiger partial charge on any atom is -0.497 e. The maximum Gasteiger partial charge on any atom is 0.303 e. The van der Waals surface area contributed by atoms with Crippen molar-refractivity contribution in [1.82, 2.24) is 0 Å². The van der Waals surface area contributed by atoms with Gasteiger partial charge in [-0.2, -0.15) is 0 Å². The Hall–Kier alpha value is -3.53. The Morgan fingerprint density at radius 2 is 1.79 bits per heavy atom. The van der Waals surface area contributed by atoms with Crippen molar-refractivity contribution in [2.75, 3.05) is 7.11 Å². The number of rotatable bonds is 10. The highest BCUT2D eigenvalue weighted by atomic mass is 16.5. The van der Waals surface area contributed by atoms with Crippen LogP contribution in [0.2, 0.25) is 0 Å². The number of ether oxygens (including phenoxy) is 2. The standard InChI is InChI=1S/C34H38O4/c1-34(2)17-7-14-32(34)31-18-23(15-16-29(31)25-10-5-12-27(19-25)37-3)22-38-28-13-6-11-26(20-28)30(21-33(35)36)24-8-4-9-24/h5-6,10-16,18-20,24,30H,4,7-9,17,21-22H2,1-3H3,(H,35,36)/t30-/m0/s1. The van der Waals surface area contributed by atoms with Crippen molar-refractivity contribution in [3.8, 4) is 22.6 Å². The van der Waals surface area contributed by atoms with Gasteiger partial charge in [-0.3, -0.25) is 4.79 Å². The summed E-state index contributed by atoms with van der Waals surface area (Å²) in [5.74, 6) is 1.41. The molecule has 198 valence electrons. The molecule has 1 N–H and O–H groups in total. The average molecular weight is 511 g/mol. The zero-order valence-corrected chi connectivity index (χ0v) is 22.7. The van der Waals surface area contributed by atoms with Gasteiger partial charge in [0.05, 0.1) is 13.5 Å². The van der Waals surface area contributed by atoms with Crippen molar-refractivity contribution in [2.24, 2.45) is 11.3 Å². The van der Waals surface area contributed by atoms with Gasteiger partial charge in [0.25, 0.3) is 0 Å². The molecular weight excluding hydrogens is 472 g/mol. The number of hydrogen-bond acceptors (Lipinski definition) is 3. The van der Waals surface area contributed by atoms with E-state index in [1.807, 2.05) is 30.3 Å². The molecule has 5 rings (SSSR count). The van der Waals surface area contributed by atoms with Crippen LogP contribution in [0.15, 0.2) is 72.8 Å². The third-order valence-electron chi connectivity index (χ3n) is 8.41. The molecule has 1 fully saturated rings. The maximum absolute atomic E-state index is 11.5. The zero-order valence-electron chi connectivity index (χ0n) is 22.7. The average Bonchev–Trinajstić information content (AvgIpc) is 3.24. The van der Waals surface area contributed by atoms with Gasteiger partial charge in [-0.1, -0.05) is 62.7 Å². The SMILES string of the molecule is COc1cccc(-c2ccc(COc3cccc([C@@H](CC(=O)O)C4CCC4)c3)cc2C2=CCCC2(C)C)c1. The van der Waals surface area contributed by atoms with E-state index in [0.29, 0.717) is 12.5 Å². The number of carboxylic acid groups (broad SMARTS) is 1. The van der Waals surface area contributed by atoms with Crippen molar-refractivity contribution >= 4 is 11.5 Å². The van der Waals surface area contributed by atoms with E-state index in [1.165, 1.54) is 23.1 Å². The Morgan fingerprint density at radius 3 is 2.47 bits per heavy atom. The molecule has 2 aliphatic rings. The van der Waals surface area contributed by atoms with Crippen molar-refractivity contribution in [1.29, 1.82) is 0 Å². The Morgan fingerprint density at radius 1 is 1.00 bits per heavy atom. The summed E-state index contributed by atoms with van der Waals surface area (Å²) in [7, 11) is 1.70. The minimum atomic E-state index is -0.735. The van der Waals surface area contributed by atoms with Gasteiger partial charge in [-0.05, 0) is 107 Å². The Kier molecular flexibility index (Phi) is 7.60. The number of carboxylic acids is 1. The van der Waals surface area contributed by atoms with Gasteiger partial charge in [0.1, 0.15) is 18.1 Å². The van der Waals surface area contributed by atoms with Crippen LogP contribution in [0.1, 0.15) is 75.0 Å². The first kappa shape index (κ1) is 26.1. The molecule has 4 nitrogen and oxygen atoms in total. The fourth-order valence-corrected chi connectivity index (χ4v) is 6.00. The number of benzene rings is 3. The molecule has 0 aliphatic heterocycles. The highest BCUT2D eigenvalue weighted by Crippen LogP contribution is 2.47. The fourth-order valence-electron chi connectivity index (χ4n) is 6.00. The Balaban J connectivity index is 1.41. The normalized spacial score (nSPS) is 17.4. The lowest BCUT2D eigenvalue weighted by molar-refractivity contribution is -0.138. The molecule has 38 heavy (non-hydrogen) atoms. The molecule has 0 radical (unpaired) electrons. The van der Waals surface area contributed by atoms with Crippen LogP contribution in [0.5, 0.6) is 11.5 Å². The molecule has 1 atom stereocenters. The van der Waals surface area contributed by atoms with Crippen molar-refractivity contribution in [3.05, 3.63) is 89.5 Å². The predicted molar refractivity (Wildman–Crippen MR) is 153 cm³/mol. The summed E-state index contributed by atoms with van der Waals surface area (Å²) in [6.45, 7) is 5.10. The molecule has 0 aromatic heterocycles. The third-order valence-corrected chi connectivity index (χ3v) is 8.41. The lowest BCUT2D eigenvalue weighted by Gasteiger charge is -2.33.